The summed E-state index contributed by atoms with van der Waals surface area (Å²) in [6.45, 7) is 0. The van der Waals surface area contributed by atoms with E-state index in [1.165, 1.54) is 31.4 Å². The van der Waals surface area contributed by atoms with Gasteiger partial charge in [0.1, 0.15) is 6.10 Å². The Balaban J connectivity index is 2.02. The molecule has 26 heavy (non-hydrogen) atoms. The average Bonchev–Trinajstić information content (AvgIpc) is 2.58. The molecule has 0 spiro atoms. The van der Waals surface area contributed by atoms with Crippen molar-refractivity contribution in [2.45, 2.75) is 36.8 Å². The molecule has 1 aliphatic carbocycles. The molecule has 0 heterocycles. The van der Waals surface area contributed by atoms with Crippen LogP contribution in [0.5, 0.6) is 11.5 Å². The number of esters is 2. The monoisotopic (exact) mass is 368 g/mol. The molecule has 2 atom stereocenters. The highest BCUT2D eigenvalue weighted by Gasteiger charge is 2.49. The molecule has 2 unspecified atom stereocenters. The van der Waals surface area contributed by atoms with Gasteiger partial charge in [-0.2, -0.15) is 0 Å². The van der Waals surface area contributed by atoms with E-state index in [1.807, 2.05) is 0 Å². The van der Waals surface area contributed by atoms with Gasteiger partial charge < -0.3 is 35.0 Å². The number of carbonyl (C=O) groups is 2. The SMILES string of the molecule is COc1cc(C=CC(=O)OC(=O)C2(O)CC(O)C(O)C(O)C2)ccc1O. The molecule has 2 rings (SSSR count). The topological polar surface area (TPSA) is 154 Å². The highest BCUT2D eigenvalue weighted by atomic mass is 16.6. The Morgan fingerprint density at radius 1 is 1.19 bits per heavy atom. The fourth-order valence-electron chi connectivity index (χ4n) is 2.62. The fourth-order valence-corrected chi connectivity index (χ4v) is 2.62. The number of aliphatic hydroxyl groups excluding tert-OH is 3. The smallest absolute Gasteiger partial charge is 0.346 e. The normalized spacial score (nSPS) is 28.7. The van der Waals surface area contributed by atoms with Crippen molar-refractivity contribution in [3.05, 3.63) is 29.8 Å². The van der Waals surface area contributed by atoms with Crippen LogP contribution in [0, 0.1) is 0 Å². The van der Waals surface area contributed by atoms with Crippen LogP contribution >= 0.6 is 0 Å². The molecule has 0 bridgehead atoms. The molecule has 9 nitrogen and oxygen atoms in total. The average molecular weight is 368 g/mol. The molecule has 0 radical (unpaired) electrons. The van der Waals surface area contributed by atoms with Crippen molar-refractivity contribution in [3.8, 4) is 11.5 Å². The number of benzene rings is 1. The van der Waals surface area contributed by atoms with E-state index < -0.39 is 48.7 Å². The third-order valence-electron chi connectivity index (χ3n) is 4.07. The van der Waals surface area contributed by atoms with Crippen molar-refractivity contribution >= 4 is 18.0 Å². The van der Waals surface area contributed by atoms with E-state index in [4.69, 9.17) is 4.74 Å². The van der Waals surface area contributed by atoms with Crippen molar-refractivity contribution in [1.82, 2.24) is 0 Å². The Morgan fingerprint density at radius 3 is 2.38 bits per heavy atom. The van der Waals surface area contributed by atoms with E-state index in [0.717, 1.165) is 6.08 Å². The summed E-state index contributed by atoms with van der Waals surface area (Å²) in [7, 11) is 1.36. The molecule has 1 saturated carbocycles. The minimum Gasteiger partial charge on any atom is -0.504 e. The largest absolute Gasteiger partial charge is 0.504 e. The lowest BCUT2D eigenvalue weighted by Crippen LogP contribution is -2.56. The summed E-state index contributed by atoms with van der Waals surface area (Å²) < 4.78 is 9.45. The maximum atomic E-state index is 12.0. The van der Waals surface area contributed by atoms with Crippen molar-refractivity contribution in [1.29, 1.82) is 0 Å². The van der Waals surface area contributed by atoms with Crippen LogP contribution < -0.4 is 4.74 Å². The highest BCUT2D eigenvalue weighted by Crippen LogP contribution is 2.30. The van der Waals surface area contributed by atoms with Crippen molar-refractivity contribution in [2.75, 3.05) is 7.11 Å². The minimum absolute atomic E-state index is 0.0822. The van der Waals surface area contributed by atoms with Crippen LogP contribution in [-0.2, 0) is 14.3 Å². The molecular weight excluding hydrogens is 348 g/mol. The third-order valence-corrected chi connectivity index (χ3v) is 4.07. The summed E-state index contributed by atoms with van der Waals surface area (Å²) >= 11 is 0. The van der Waals surface area contributed by atoms with Gasteiger partial charge in [0.25, 0.3) is 0 Å². The first-order chi connectivity index (χ1) is 12.2. The van der Waals surface area contributed by atoms with Crippen molar-refractivity contribution in [2.24, 2.45) is 0 Å². The Morgan fingerprint density at radius 2 is 1.81 bits per heavy atom. The second-order valence-electron chi connectivity index (χ2n) is 6.04. The fraction of sp³-hybridized carbons (Fsp3) is 0.412. The number of ether oxygens (including phenoxy) is 2. The van der Waals surface area contributed by atoms with Gasteiger partial charge >= 0.3 is 11.9 Å². The number of hydrogen-bond donors (Lipinski definition) is 5. The highest BCUT2D eigenvalue weighted by molar-refractivity contribution is 5.97. The first-order valence-corrected chi connectivity index (χ1v) is 7.74. The molecule has 1 fully saturated rings. The maximum absolute atomic E-state index is 12.0. The number of rotatable bonds is 4. The lowest BCUT2D eigenvalue weighted by atomic mass is 9.80. The van der Waals surface area contributed by atoms with Gasteiger partial charge in [-0.3, -0.25) is 0 Å². The Hall–Kier alpha value is -2.46. The molecule has 5 N–H and O–H groups in total. The number of carbonyl (C=O) groups excluding carboxylic acids is 2. The zero-order chi connectivity index (χ0) is 19.5. The van der Waals surface area contributed by atoms with E-state index in [0.29, 0.717) is 5.56 Å². The summed E-state index contributed by atoms with van der Waals surface area (Å²) in [6.07, 6.45) is -3.49. The van der Waals surface area contributed by atoms with E-state index in [1.54, 1.807) is 0 Å². The quantitative estimate of drug-likeness (QED) is 0.258. The molecule has 0 amide bonds. The number of methoxy groups -OCH3 is 1. The van der Waals surface area contributed by atoms with Crippen LogP contribution in [-0.4, -0.2) is 68.5 Å². The molecule has 0 saturated heterocycles. The summed E-state index contributed by atoms with van der Waals surface area (Å²) in [4.78, 5) is 23.8. The van der Waals surface area contributed by atoms with Gasteiger partial charge in [-0.15, -0.1) is 0 Å². The molecule has 0 aromatic heterocycles. The molecule has 0 aliphatic heterocycles. The molecular formula is C17H20O9. The van der Waals surface area contributed by atoms with Gasteiger partial charge in [0.15, 0.2) is 17.1 Å². The zero-order valence-corrected chi connectivity index (χ0v) is 13.9. The van der Waals surface area contributed by atoms with Gasteiger partial charge in [-0.25, -0.2) is 9.59 Å². The van der Waals surface area contributed by atoms with Gasteiger partial charge in [0, 0.05) is 18.9 Å². The standard InChI is InChI=1S/C17H20O9/c1-25-13-6-9(2-4-10(13)18)3-5-14(21)26-16(23)17(24)7-11(19)15(22)12(20)8-17/h2-6,11-12,15,18-20,22,24H,7-8H2,1H3. The van der Waals surface area contributed by atoms with Crippen LogP contribution in [0.25, 0.3) is 6.08 Å². The second-order valence-corrected chi connectivity index (χ2v) is 6.04. The van der Waals surface area contributed by atoms with Gasteiger partial charge in [0.2, 0.25) is 0 Å². The van der Waals surface area contributed by atoms with Gasteiger partial charge in [0.05, 0.1) is 19.3 Å². The summed E-state index contributed by atoms with van der Waals surface area (Å²) in [5.74, 6) is -2.30. The number of aromatic hydroxyl groups is 1. The third kappa shape index (κ3) is 4.38. The Bertz CT molecular complexity index is 700. The number of hydrogen-bond acceptors (Lipinski definition) is 9. The van der Waals surface area contributed by atoms with Gasteiger partial charge in [-0.1, -0.05) is 6.07 Å². The van der Waals surface area contributed by atoms with Crippen LogP contribution in [0.3, 0.4) is 0 Å². The predicted molar refractivity (Wildman–Crippen MR) is 87.0 cm³/mol. The summed E-state index contributed by atoms with van der Waals surface area (Å²) in [5, 5.41) is 48.3. The first kappa shape index (κ1) is 19.9. The predicted octanol–water partition coefficient (Wildman–Crippen LogP) is -0.909. The van der Waals surface area contributed by atoms with Gasteiger partial charge in [-0.05, 0) is 23.8 Å². The molecule has 1 aromatic carbocycles. The zero-order valence-electron chi connectivity index (χ0n) is 13.9. The first-order valence-electron chi connectivity index (χ1n) is 7.74. The number of aliphatic hydroxyl groups is 4. The molecule has 1 aromatic rings. The van der Waals surface area contributed by atoms with Crippen molar-refractivity contribution < 1.29 is 44.6 Å². The van der Waals surface area contributed by atoms with E-state index in [2.05, 4.69) is 4.74 Å². The van der Waals surface area contributed by atoms with E-state index >= 15 is 0 Å². The lowest BCUT2D eigenvalue weighted by molar-refractivity contribution is -0.193. The van der Waals surface area contributed by atoms with Crippen LogP contribution in [0.2, 0.25) is 0 Å². The number of phenolic OH excluding ortho intramolecular Hbond substituents is 1. The van der Waals surface area contributed by atoms with E-state index in [9.17, 15) is 35.1 Å². The minimum atomic E-state index is -2.29. The van der Waals surface area contributed by atoms with Crippen LogP contribution in [0.4, 0.5) is 0 Å². The summed E-state index contributed by atoms with van der Waals surface area (Å²) in [6, 6.07) is 4.30. The maximum Gasteiger partial charge on any atom is 0.346 e. The second kappa shape index (κ2) is 7.83. The van der Waals surface area contributed by atoms with Crippen LogP contribution in [0.1, 0.15) is 18.4 Å². The Kier molecular flexibility index (Phi) is 5.98. The molecule has 142 valence electrons. The van der Waals surface area contributed by atoms with E-state index in [-0.39, 0.29) is 11.5 Å². The molecule has 1 aliphatic rings. The Labute approximate surface area is 148 Å². The van der Waals surface area contributed by atoms with Crippen LogP contribution in [0.15, 0.2) is 24.3 Å². The number of phenols is 1. The molecule has 9 heteroatoms. The lowest BCUT2D eigenvalue weighted by Gasteiger charge is -2.38. The summed E-state index contributed by atoms with van der Waals surface area (Å²) in [5.41, 5.74) is -1.81. The van der Waals surface area contributed by atoms with Crippen molar-refractivity contribution in [3.63, 3.8) is 0 Å².